The lowest BCUT2D eigenvalue weighted by molar-refractivity contribution is -0.140. The van der Waals surface area contributed by atoms with Crippen molar-refractivity contribution in [3.05, 3.63) is 42.0 Å². The van der Waals surface area contributed by atoms with Crippen LogP contribution in [0.25, 0.3) is 5.69 Å². The number of aromatic nitrogens is 2. The highest BCUT2D eigenvalue weighted by molar-refractivity contribution is 5.76. The van der Waals surface area contributed by atoms with E-state index in [-0.39, 0.29) is 5.75 Å². The zero-order chi connectivity index (χ0) is 14.0. The molecule has 2 aromatic rings. The predicted octanol–water partition coefficient (Wildman–Crippen LogP) is 2.71. The first-order chi connectivity index (χ1) is 8.95. The van der Waals surface area contributed by atoms with Gasteiger partial charge in [0.1, 0.15) is 12.0 Å². The number of ether oxygens (including phenoxy) is 1. The van der Waals surface area contributed by atoms with Crippen molar-refractivity contribution in [2.75, 3.05) is 7.11 Å². The number of aldehydes is 1. The number of hydrogen-bond acceptors (Lipinski definition) is 3. The lowest BCUT2D eigenvalue weighted by Crippen LogP contribution is -2.05. The lowest BCUT2D eigenvalue weighted by atomic mass is 10.2. The Kier molecular flexibility index (Phi) is 3.28. The molecule has 0 fully saturated rings. The molecule has 0 aliphatic rings. The third-order valence-electron chi connectivity index (χ3n) is 2.49. The van der Waals surface area contributed by atoms with Gasteiger partial charge in [-0.3, -0.25) is 4.79 Å². The van der Waals surface area contributed by atoms with Crippen molar-refractivity contribution in [2.24, 2.45) is 0 Å². The van der Waals surface area contributed by atoms with Gasteiger partial charge in [0.15, 0.2) is 5.69 Å². The molecule has 0 unspecified atom stereocenters. The van der Waals surface area contributed by atoms with Gasteiger partial charge in [-0.25, -0.2) is 4.98 Å². The first kappa shape index (κ1) is 13.1. The molecule has 19 heavy (non-hydrogen) atoms. The second-order valence-electron chi connectivity index (χ2n) is 3.71. The minimum absolute atomic E-state index is 0.288. The van der Waals surface area contributed by atoms with Crippen LogP contribution in [0.4, 0.5) is 13.2 Å². The van der Waals surface area contributed by atoms with E-state index in [1.54, 1.807) is 0 Å². The van der Waals surface area contributed by atoms with Crippen molar-refractivity contribution < 1.29 is 22.7 Å². The second kappa shape index (κ2) is 4.75. The molecular formula is C12H9F3N2O2. The van der Waals surface area contributed by atoms with E-state index in [0.29, 0.717) is 17.5 Å². The lowest BCUT2D eigenvalue weighted by Gasteiger charge is -2.09. The molecule has 7 heteroatoms. The molecular weight excluding hydrogens is 261 g/mol. The Labute approximate surface area is 106 Å². The molecule has 0 atom stereocenters. The van der Waals surface area contributed by atoms with Crippen molar-refractivity contribution in [1.82, 2.24) is 9.55 Å². The summed E-state index contributed by atoms with van der Waals surface area (Å²) in [7, 11) is 1.37. The molecule has 1 aromatic heterocycles. The average Bonchev–Trinajstić information content (AvgIpc) is 2.87. The van der Waals surface area contributed by atoms with Gasteiger partial charge in [-0.15, -0.1) is 0 Å². The number of hydrogen-bond donors (Lipinski definition) is 0. The molecule has 0 amide bonds. The molecule has 0 bridgehead atoms. The molecule has 0 saturated carbocycles. The fourth-order valence-corrected chi connectivity index (χ4v) is 1.58. The third-order valence-corrected chi connectivity index (χ3v) is 2.49. The maximum atomic E-state index is 12.5. The Balaban J connectivity index is 2.47. The maximum Gasteiger partial charge on any atom is 0.434 e. The van der Waals surface area contributed by atoms with Gasteiger partial charge in [0.25, 0.3) is 0 Å². The minimum Gasteiger partial charge on any atom is -0.495 e. The van der Waals surface area contributed by atoms with Crippen molar-refractivity contribution in [3.8, 4) is 11.4 Å². The van der Waals surface area contributed by atoms with Crippen LogP contribution < -0.4 is 4.74 Å². The molecule has 0 aliphatic carbocycles. The van der Waals surface area contributed by atoms with E-state index >= 15 is 0 Å². The van der Waals surface area contributed by atoms with Gasteiger partial charge in [-0.05, 0) is 18.2 Å². The summed E-state index contributed by atoms with van der Waals surface area (Å²) in [5, 5.41) is 0. The van der Waals surface area contributed by atoms with E-state index in [9.17, 15) is 18.0 Å². The Hall–Kier alpha value is -2.31. The highest BCUT2D eigenvalue weighted by Gasteiger charge is 2.33. The quantitative estimate of drug-likeness (QED) is 0.805. The van der Waals surface area contributed by atoms with E-state index in [1.807, 2.05) is 0 Å². The first-order valence-electron chi connectivity index (χ1n) is 5.20. The average molecular weight is 270 g/mol. The van der Waals surface area contributed by atoms with Gasteiger partial charge in [0, 0.05) is 11.8 Å². The number of rotatable bonds is 3. The molecule has 1 heterocycles. The summed E-state index contributed by atoms with van der Waals surface area (Å²) in [6, 6.07) is 4.41. The van der Waals surface area contributed by atoms with Crippen LogP contribution in [0.3, 0.4) is 0 Å². The summed E-state index contributed by atoms with van der Waals surface area (Å²) in [6.07, 6.45) is -1.97. The highest BCUT2D eigenvalue weighted by Crippen LogP contribution is 2.30. The monoisotopic (exact) mass is 270 g/mol. The minimum atomic E-state index is -4.50. The topological polar surface area (TPSA) is 44.1 Å². The van der Waals surface area contributed by atoms with E-state index < -0.39 is 11.9 Å². The van der Waals surface area contributed by atoms with Gasteiger partial charge in [0.05, 0.1) is 19.1 Å². The zero-order valence-electron chi connectivity index (χ0n) is 9.81. The fraction of sp³-hybridized carbons (Fsp3) is 0.167. The summed E-state index contributed by atoms with van der Waals surface area (Å²) in [5.74, 6) is 0.288. The van der Waals surface area contributed by atoms with Crippen molar-refractivity contribution in [3.63, 3.8) is 0 Å². The Morgan fingerprint density at radius 2 is 2.11 bits per heavy atom. The van der Waals surface area contributed by atoms with Crippen LogP contribution in [0.1, 0.15) is 16.1 Å². The number of nitrogens with zero attached hydrogens (tertiary/aromatic N) is 2. The molecule has 0 N–H and O–H groups in total. The number of methoxy groups -OCH3 is 1. The van der Waals surface area contributed by atoms with Crippen molar-refractivity contribution in [1.29, 1.82) is 0 Å². The van der Waals surface area contributed by atoms with Gasteiger partial charge >= 0.3 is 6.18 Å². The Morgan fingerprint density at radius 3 is 2.63 bits per heavy atom. The van der Waals surface area contributed by atoms with E-state index in [4.69, 9.17) is 4.74 Å². The number of halogens is 3. The molecule has 100 valence electrons. The third kappa shape index (κ3) is 2.59. The smallest absolute Gasteiger partial charge is 0.434 e. The molecule has 0 saturated heterocycles. The van der Waals surface area contributed by atoms with E-state index in [0.717, 1.165) is 12.5 Å². The van der Waals surface area contributed by atoms with Crippen LogP contribution in [0.15, 0.2) is 30.7 Å². The van der Waals surface area contributed by atoms with E-state index in [1.165, 1.54) is 29.9 Å². The van der Waals surface area contributed by atoms with Crippen LogP contribution in [-0.2, 0) is 6.18 Å². The van der Waals surface area contributed by atoms with Crippen LogP contribution in [0.5, 0.6) is 5.75 Å². The summed E-state index contributed by atoms with van der Waals surface area (Å²) >= 11 is 0. The second-order valence-corrected chi connectivity index (χ2v) is 3.71. The van der Waals surface area contributed by atoms with Crippen LogP contribution >= 0.6 is 0 Å². The molecule has 0 spiro atoms. The Morgan fingerprint density at radius 1 is 1.37 bits per heavy atom. The number of carbonyl (C=O) groups is 1. The number of alkyl halides is 3. The number of benzene rings is 1. The zero-order valence-corrected chi connectivity index (χ0v) is 9.81. The van der Waals surface area contributed by atoms with Crippen molar-refractivity contribution in [2.45, 2.75) is 6.18 Å². The fourth-order valence-electron chi connectivity index (χ4n) is 1.58. The molecule has 2 rings (SSSR count). The number of imidazole rings is 1. The Bertz CT molecular complexity index is 605. The SMILES string of the molecule is COc1cc(C=O)ccc1-n1cnc(C(F)(F)F)c1. The summed E-state index contributed by atoms with van der Waals surface area (Å²) < 4.78 is 43.6. The van der Waals surface area contributed by atoms with E-state index in [2.05, 4.69) is 4.98 Å². The van der Waals surface area contributed by atoms with Crippen LogP contribution in [0.2, 0.25) is 0 Å². The molecule has 4 nitrogen and oxygen atoms in total. The van der Waals surface area contributed by atoms with Crippen LogP contribution in [0, 0.1) is 0 Å². The predicted molar refractivity (Wildman–Crippen MR) is 60.5 cm³/mol. The summed E-state index contributed by atoms with van der Waals surface area (Å²) in [6.45, 7) is 0. The normalized spacial score (nSPS) is 11.4. The van der Waals surface area contributed by atoms with Crippen molar-refractivity contribution >= 4 is 6.29 Å². The molecule has 0 aliphatic heterocycles. The summed E-state index contributed by atoms with van der Waals surface area (Å²) in [5.41, 5.74) is -0.248. The standard InChI is InChI=1S/C12H9F3N2O2/c1-19-10-4-8(6-18)2-3-9(10)17-5-11(16-7-17)12(13,14)15/h2-7H,1H3. The van der Waals surface area contributed by atoms with Gasteiger partial charge in [0.2, 0.25) is 0 Å². The molecule has 0 radical (unpaired) electrons. The van der Waals surface area contributed by atoms with Gasteiger partial charge in [-0.1, -0.05) is 0 Å². The van der Waals surface area contributed by atoms with Gasteiger partial charge in [-0.2, -0.15) is 13.2 Å². The highest BCUT2D eigenvalue weighted by atomic mass is 19.4. The van der Waals surface area contributed by atoms with Crippen LogP contribution in [-0.4, -0.2) is 22.9 Å². The van der Waals surface area contributed by atoms with Gasteiger partial charge < -0.3 is 9.30 Å². The summed E-state index contributed by atoms with van der Waals surface area (Å²) in [4.78, 5) is 13.9. The first-order valence-corrected chi connectivity index (χ1v) is 5.20. The molecule has 1 aromatic carbocycles. The number of carbonyl (C=O) groups excluding carboxylic acids is 1. The maximum absolute atomic E-state index is 12.5. The largest absolute Gasteiger partial charge is 0.495 e.